The van der Waals surface area contributed by atoms with E-state index in [0.717, 1.165) is 15.6 Å². The molecule has 0 amide bonds. The van der Waals surface area contributed by atoms with E-state index < -0.39 is 0 Å². The molecule has 1 N–H and O–H groups in total. The number of hydrogen-bond acceptors (Lipinski definition) is 4. The van der Waals surface area contributed by atoms with Gasteiger partial charge in [-0.05, 0) is 32.0 Å². The summed E-state index contributed by atoms with van der Waals surface area (Å²) in [6.07, 6.45) is 0. The third-order valence-corrected chi connectivity index (χ3v) is 2.98. The maximum absolute atomic E-state index is 5.03. The topological polar surface area (TPSA) is 31.9 Å². The molecule has 1 aromatic heterocycles. The molecule has 0 saturated carbocycles. The number of H-pyrrole nitrogens is 1. The molecule has 0 radical (unpaired) electrons. The summed E-state index contributed by atoms with van der Waals surface area (Å²) >= 11 is 6.57. The summed E-state index contributed by atoms with van der Waals surface area (Å²) in [5.41, 5.74) is 0. The lowest BCUT2D eigenvalue weighted by Crippen LogP contribution is -2.34. The summed E-state index contributed by atoms with van der Waals surface area (Å²) in [5.74, 6) is 0.634. The van der Waals surface area contributed by atoms with Gasteiger partial charge in [0.1, 0.15) is 0 Å². The van der Waals surface area contributed by atoms with Gasteiger partial charge in [0.25, 0.3) is 0 Å². The molecule has 5 heteroatoms. The zero-order chi connectivity index (χ0) is 10.7. The number of aromatic nitrogens is 2. The van der Waals surface area contributed by atoms with Crippen LogP contribution in [-0.4, -0.2) is 22.8 Å². The van der Waals surface area contributed by atoms with E-state index in [1.807, 2.05) is 0 Å². The van der Waals surface area contributed by atoms with Crippen molar-refractivity contribution in [3.05, 3.63) is 3.95 Å². The highest BCUT2D eigenvalue weighted by molar-refractivity contribution is 7.73. The molecule has 0 aliphatic rings. The second-order valence-corrected chi connectivity index (χ2v) is 5.68. The smallest absolute Gasteiger partial charge is 0.207 e. The normalized spacial score (nSPS) is 11.3. The first-order chi connectivity index (χ1) is 6.50. The number of anilines is 1. The van der Waals surface area contributed by atoms with E-state index in [-0.39, 0.29) is 0 Å². The molecule has 80 valence electrons. The van der Waals surface area contributed by atoms with Crippen LogP contribution >= 0.6 is 23.6 Å². The van der Waals surface area contributed by atoms with Crippen molar-refractivity contribution in [2.75, 3.05) is 11.4 Å². The quantitative estimate of drug-likeness (QED) is 0.808. The molecule has 1 rings (SSSR count). The van der Waals surface area contributed by atoms with Gasteiger partial charge >= 0.3 is 0 Å². The highest BCUT2D eigenvalue weighted by atomic mass is 32.1. The molecule has 0 bridgehead atoms. The molecule has 3 nitrogen and oxygen atoms in total. The average Bonchev–Trinajstić information content (AvgIpc) is 2.46. The lowest BCUT2D eigenvalue weighted by molar-refractivity contribution is 0.568. The van der Waals surface area contributed by atoms with Crippen LogP contribution in [-0.2, 0) is 0 Å². The van der Waals surface area contributed by atoms with Gasteiger partial charge in [-0.2, -0.15) is 0 Å². The van der Waals surface area contributed by atoms with E-state index in [1.165, 1.54) is 0 Å². The first-order valence-corrected chi connectivity index (χ1v) is 6.05. The van der Waals surface area contributed by atoms with E-state index in [4.69, 9.17) is 12.2 Å². The fraction of sp³-hybridized carbons (Fsp3) is 0.778. The van der Waals surface area contributed by atoms with E-state index in [2.05, 4.69) is 42.8 Å². The highest BCUT2D eigenvalue weighted by Gasteiger charge is 2.14. The Bertz CT molecular complexity index is 327. The zero-order valence-corrected chi connectivity index (χ0v) is 10.7. The molecule has 0 spiro atoms. The van der Waals surface area contributed by atoms with Gasteiger partial charge in [0.2, 0.25) is 5.13 Å². The van der Waals surface area contributed by atoms with E-state index in [9.17, 15) is 0 Å². The summed E-state index contributed by atoms with van der Waals surface area (Å²) < 4.78 is 0.745. The number of hydrogen-bond donors (Lipinski definition) is 1. The van der Waals surface area contributed by atoms with Crippen molar-refractivity contribution in [3.63, 3.8) is 0 Å². The summed E-state index contributed by atoms with van der Waals surface area (Å²) in [6, 6.07) is 0.464. The van der Waals surface area contributed by atoms with E-state index >= 15 is 0 Å². The number of aromatic amines is 1. The minimum absolute atomic E-state index is 0.464. The van der Waals surface area contributed by atoms with Gasteiger partial charge in [0.15, 0.2) is 3.95 Å². The van der Waals surface area contributed by atoms with Crippen LogP contribution in [0.5, 0.6) is 0 Å². The maximum atomic E-state index is 5.03. The lowest BCUT2D eigenvalue weighted by atomic mass is 10.2. The third kappa shape index (κ3) is 3.06. The van der Waals surface area contributed by atoms with Crippen LogP contribution in [0.15, 0.2) is 0 Å². The number of nitrogens with zero attached hydrogens (tertiary/aromatic N) is 2. The van der Waals surface area contributed by atoms with Crippen LogP contribution in [0.25, 0.3) is 0 Å². The van der Waals surface area contributed by atoms with Crippen molar-refractivity contribution in [1.82, 2.24) is 10.2 Å². The Morgan fingerprint density at radius 2 is 2.07 bits per heavy atom. The molecule has 14 heavy (non-hydrogen) atoms. The molecule has 0 aliphatic heterocycles. The maximum Gasteiger partial charge on any atom is 0.207 e. The minimum Gasteiger partial charge on any atom is -0.344 e. The molecule has 0 saturated heterocycles. The fourth-order valence-electron chi connectivity index (χ4n) is 1.25. The SMILES string of the molecule is CC(C)CN(c1n[nH]c(=S)s1)C(C)C. The zero-order valence-electron chi connectivity index (χ0n) is 9.07. The molecular formula is C9H17N3S2. The second-order valence-electron chi connectivity index (χ2n) is 4.04. The van der Waals surface area contributed by atoms with Crippen molar-refractivity contribution in [2.24, 2.45) is 5.92 Å². The predicted octanol–water partition coefficient (Wildman–Crippen LogP) is 3.07. The van der Waals surface area contributed by atoms with Gasteiger partial charge in [0.05, 0.1) is 0 Å². The van der Waals surface area contributed by atoms with Gasteiger partial charge < -0.3 is 4.90 Å². The standard InChI is InChI=1S/C9H17N3S2/c1-6(2)5-12(7(3)4)8-10-11-9(13)14-8/h6-7H,5H2,1-4H3,(H,11,13). The van der Waals surface area contributed by atoms with Gasteiger partial charge in [-0.15, -0.1) is 5.10 Å². The third-order valence-electron chi connectivity index (χ3n) is 1.86. The highest BCUT2D eigenvalue weighted by Crippen LogP contribution is 2.20. The van der Waals surface area contributed by atoms with Crippen molar-refractivity contribution >= 4 is 28.7 Å². The fourth-order valence-corrected chi connectivity index (χ4v) is 2.27. The van der Waals surface area contributed by atoms with E-state index in [1.54, 1.807) is 11.3 Å². The van der Waals surface area contributed by atoms with Crippen molar-refractivity contribution < 1.29 is 0 Å². The minimum atomic E-state index is 0.464. The molecule has 1 heterocycles. The first kappa shape index (κ1) is 11.7. The predicted molar refractivity (Wildman–Crippen MR) is 64.6 cm³/mol. The Balaban J connectivity index is 2.83. The number of nitrogens with one attached hydrogen (secondary N) is 1. The molecule has 0 fully saturated rings. The average molecular weight is 231 g/mol. The summed E-state index contributed by atoms with van der Waals surface area (Å²) in [7, 11) is 0. The van der Waals surface area contributed by atoms with Crippen LogP contribution < -0.4 is 4.90 Å². The Labute approximate surface area is 94.2 Å². The van der Waals surface area contributed by atoms with Crippen molar-refractivity contribution in [1.29, 1.82) is 0 Å². The Hall–Kier alpha value is -0.420. The van der Waals surface area contributed by atoms with Crippen LogP contribution in [0.4, 0.5) is 5.13 Å². The monoisotopic (exact) mass is 231 g/mol. The molecule has 0 aromatic carbocycles. The molecular weight excluding hydrogens is 214 g/mol. The van der Waals surface area contributed by atoms with Crippen LogP contribution in [0, 0.1) is 9.87 Å². The van der Waals surface area contributed by atoms with Crippen molar-refractivity contribution in [2.45, 2.75) is 33.7 Å². The summed E-state index contributed by atoms with van der Waals surface area (Å²) in [4.78, 5) is 2.28. The molecule has 0 atom stereocenters. The lowest BCUT2D eigenvalue weighted by Gasteiger charge is -2.27. The van der Waals surface area contributed by atoms with Gasteiger partial charge in [-0.1, -0.05) is 25.2 Å². The Morgan fingerprint density at radius 1 is 1.43 bits per heavy atom. The van der Waals surface area contributed by atoms with Crippen LogP contribution in [0.1, 0.15) is 27.7 Å². The molecule has 0 unspecified atom stereocenters. The van der Waals surface area contributed by atoms with Gasteiger partial charge in [-0.3, -0.25) is 5.10 Å². The first-order valence-electron chi connectivity index (χ1n) is 4.83. The second kappa shape index (κ2) is 4.89. The van der Waals surface area contributed by atoms with Gasteiger partial charge in [-0.25, -0.2) is 0 Å². The largest absolute Gasteiger partial charge is 0.344 e. The van der Waals surface area contributed by atoms with E-state index in [0.29, 0.717) is 12.0 Å². The Kier molecular flexibility index (Phi) is 4.07. The van der Waals surface area contributed by atoms with Crippen molar-refractivity contribution in [3.8, 4) is 0 Å². The molecule has 0 aliphatic carbocycles. The summed E-state index contributed by atoms with van der Waals surface area (Å²) in [6.45, 7) is 9.79. The van der Waals surface area contributed by atoms with Crippen LogP contribution in [0.2, 0.25) is 0 Å². The van der Waals surface area contributed by atoms with Gasteiger partial charge in [0, 0.05) is 12.6 Å². The number of rotatable bonds is 4. The summed E-state index contributed by atoms with van der Waals surface area (Å²) in [5, 5.41) is 8.02. The molecule has 1 aromatic rings. The Morgan fingerprint density at radius 3 is 2.43 bits per heavy atom. The van der Waals surface area contributed by atoms with Crippen LogP contribution in [0.3, 0.4) is 0 Å².